The van der Waals surface area contributed by atoms with Gasteiger partial charge in [0.1, 0.15) is 0 Å². The second kappa shape index (κ2) is 7.48. The molecule has 0 bridgehead atoms. The Morgan fingerprint density at radius 2 is 1.86 bits per heavy atom. The van der Waals surface area contributed by atoms with Gasteiger partial charge in [0.2, 0.25) is 0 Å². The van der Waals surface area contributed by atoms with Crippen LogP contribution in [0.4, 0.5) is 5.69 Å². The number of hydrogen-bond acceptors (Lipinski definition) is 2. The average molecular weight is 288 g/mol. The number of benzene rings is 1. The minimum absolute atomic E-state index is 0.000603. The van der Waals surface area contributed by atoms with Crippen LogP contribution in [0, 0.1) is 5.92 Å². The zero-order valence-corrected chi connectivity index (χ0v) is 13.5. The molecule has 2 N–H and O–H groups in total. The van der Waals surface area contributed by atoms with Gasteiger partial charge in [0.15, 0.2) is 0 Å². The Balaban J connectivity index is 1.97. The van der Waals surface area contributed by atoms with Crippen LogP contribution in [0.2, 0.25) is 0 Å². The summed E-state index contributed by atoms with van der Waals surface area (Å²) in [4.78, 5) is 11.9. The van der Waals surface area contributed by atoms with E-state index < -0.39 is 0 Å². The maximum absolute atomic E-state index is 11.9. The van der Waals surface area contributed by atoms with Gasteiger partial charge < -0.3 is 10.6 Å². The molecule has 1 aromatic carbocycles. The molecule has 3 nitrogen and oxygen atoms in total. The second-order valence-electron chi connectivity index (χ2n) is 6.41. The second-order valence-corrected chi connectivity index (χ2v) is 6.41. The Morgan fingerprint density at radius 1 is 1.19 bits per heavy atom. The summed E-state index contributed by atoms with van der Waals surface area (Å²) in [5, 5.41) is 6.57. The fourth-order valence-corrected chi connectivity index (χ4v) is 3.16. The van der Waals surface area contributed by atoms with Crippen molar-refractivity contribution in [2.45, 2.75) is 65.0 Å². The van der Waals surface area contributed by atoms with Crippen LogP contribution in [-0.4, -0.2) is 18.0 Å². The van der Waals surface area contributed by atoms with E-state index in [9.17, 15) is 4.79 Å². The molecule has 2 unspecified atom stereocenters. The normalized spacial score (nSPS) is 22.1. The molecule has 0 radical (unpaired) electrons. The SMILES string of the molecule is CCC1CCCCC1Nc1ccc(C(=O)NC(C)C)cc1. The van der Waals surface area contributed by atoms with Crippen LogP contribution >= 0.6 is 0 Å². The number of carbonyl (C=O) groups is 1. The lowest BCUT2D eigenvalue weighted by atomic mass is 9.83. The highest BCUT2D eigenvalue weighted by molar-refractivity contribution is 5.94. The number of nitrogens with one attached hydrogen (secondary N) is 2. The number of carbonyl (C=O) groups excluding carboxylic acids is 1. The first-order chi connectivity index (χ1) is 10.1. The molecule has 1 saturated carbocycles. The van der Waals surface area contributed by atoms with Gasteiger partial charge in [-0.3, -0.25) is 4.79 Å². The lowest BCUT2D eigenvalue weighted by Gasteiger charge is -2.32. The third kappa shape index (κ3) is 4.48. The summed E-state index contributed by atoms with van der Waals surface area (Å²) < 4.78 is 0. The van der Waals surface area contributed by atoms with Gasteiger partial charge in [0.05, 0.1) is 0 Å². The monoisotopic (exact) mass is 288 g/mol. The quantitative estimate of drug-likeness (QED) is 0.852. The average Bonchev–Trinajstić information content (AvgIpc) is 2.48. The van der Waals surface area contributed by atoms with E-state index >= 15 is 0 Å². The molecule has 1 aliphatic carbocycles. The van der Waals surface area contributed by atoms with E-state index in [2.05, 4.69) is 17.6 Å². The molecule has 3 heteroatoms. The molecular weight excluding hydrogens is 260 g/mol. The summed E-state index contributed by atoms with van der Waals surface area (Å²) in [5.41, 5.74) is 1.85. The fraction of sp³-hybridized carbons (Fsp3) is 0.611. The van der Waals surface area contributed by atoms with Gasteiger partial charge in [-0.15, -0.1) is 0 Å². The molecule has 116 valence electrons. The molecule has 2 atom stereocenters. The van der Waals surface area contributed by atoms with Gasteiger partial charge in [-0.1, -0.05) is 26.2 Å². The Bertz CT molecular complexity index is 453. The van der Waals surface area contributed by atoms with E-state index in [1.807, 2.05) is 38.1 Å². The van der Waals surface area contributed by atoms with E-state index in [0.717, 1.165) is 17.2 Å². The Morgan fingerprint density at radius 3 is 2.48 bits per heavy atom. The van der Waals surface area contributed by atoms with Gasteiger partial charge in [-0.05, 0) is 56.9 Å². The number of hydrogen-bond donors (Lipinski definition) is 2. The Kier molecular flexibility index (Phi) is 5.66. The van der Waals surface area contributed by atoms with Gasteiger partial charge >= 0.3 is 0 Å². The smallest absolute Gasteiger partial charge is 0.251 e. The highest BCUT2D eigenvalue weighted by atomic mass is 16.1. The first-order valence-electron chi connectivity index (χ1n) is 8.27. The zero-order chi connectivity index (χ0) is 15.2. The Labute approximate surface area is 128 Å². The highest BCUT2D eigenvalue weighted by Crippen LogP contribution is 2.29. The molecule has 0 spiro atoms. The van der Waals surface area contributed by atoms with E-state index in [1.54, 1.807) is 0 Å². The van der Waals surface area contributed by atoms with Crippen molar-refractivity contribution in [3.05, 3.63) is 29.8 Å². The molecule has 0 heterocycles. The standard InChI is InChI=1S/C18H28N2O/c1-4-14-7-5-6-8-17(14)20-16-11-9-15(10-12-16)18(21)19-13(2)3/h9-14,17,20H,4-8H2,1-3H3,(H,19,21). The lowest BCUT2D eigenvalue weighted by Crippen LogP contribution is -2.32. The molecule has 1 fully saturated rings. The van der Waals surface area contributed by atoms with Crippen molar-refractivity contribution in [1.82, 2.24) is 5.32 Å². The van der Waals surface area contributed by atoms with E-state index in [4.69, 9.17) is 0 Å². The molecule has 0 aromatic heterocycles. The first-order valence-corrected chi connectivity index (χ1v) is 8.27. The van der Waals surface area contributed by atoms with Crippen molar-refractivity contribution in [3.8, 4) is 0 Å². The topological polar surface area (TPSA) is 41.1 Å². The first kappa shape index (κ1) is 15.9. The number of amides is 1. The van der Waals surface area contributed by atoms with Gasteiger partial charge in [-0.25, -0.2) is 0 Å². The van der Waals surface area contributed by atoms with Crippen LogP contribution in [0.3, 0.4) is 0 Å². The van der Waals surface area contributed by atoms with Gasteiger partial charge in [0, 0.05) is 23.3 Å². The summed E-state index contributed by atoms with van der Waals surface area (Å²) in [5.74, 6) is 0.781. The summed E-state index contributed by atoms with van der Waals surface area (Å²) in [6.07, 6.45) is 6.53. The van der Waals surface area contributed by atoms with Gasteiger partial charge in [-0.2, -0.15) is 0 Å². The maximum Gasteiger partial charge on any atom is 0.251 e. The fourth-order valence-electron chi connectivity index (χ4n) is 3.16. The molecular formula is C18H28N2O. The van der Waals surface area contributed by atoms with Crippen molar-refractivity contribution in [2.75, 3.05) is 5.32 Å². The molecule has 1 aliphatic rings. The summed E-state index contributed by atoms with van der Waals surface area (Å²) in [6, 6.07) is 8.61. The van der Waals surface area contributed by atoms with Crippen molar-refractivity contribution in [2.24, 2.45) is 5.92 Å². The highest BCUT2D eigenvalue weighted by Gasteiger charge is 2.23. The molecule has 21 heavy (non-hydrogen) atoms. The third-order valence-corrected chi connectivity index (χ3v) is 4.35. The minimum Gasteiger partial charge on any atom is -0.382 e. The summed E-state index contributed by atoms with van der Waals surface area (Å²) in [7, 11) is 0. The van der Waals surface area contributed by atoms with Crippen LogP contribution in [0.5, 0.6) is 0 Å². The van der Waals surface area contributed by atoms with Crippen molar-refractivity contribution >= 4 is 11.6 Å². The van der Waals surface area contributed by atoms with Crippen LogP contribution in [0.1, 0.15) is 63.2 Å². The lowest BCUT2D eigenvalue weighted by molar-refractivity contribution is 0.0943. The largest absolute Gasteiger partial charge is 0.382 e. The van der Waals surface area contributed by atoms with Crippen molar-refractivity contribution in [3.63, 3.8) is 0 Å². The molecule has 0 saturated heterocycles. The van der Waals surface area contributed by atoms with Crippen LogP contribution in [0.25, 0.3) is 0 Å². The third-order valence-electron chi connectivity index (χ3n) is 4.35. The van der Waals surface area contributed by atoms with Gasteiger partial charge in [0.25, 0.3) is 5.91 Å². The van der Waals surface area contributed by atoms with Crippen molar-refractivity contribution in [1.29, 1.82) is 0 Å². The van der Waals surface area contributed by atoms with Crippen LogP contribution < -0.4 is 10.6 Å². The van der Waals surface area contributed by atoms with Crippen LogP contribution in [0.15, 0.2) is 24.3 Å². The zero-order valence-electron chi connectivity index (χ0n) is 13.5. The van der Waals surface area contributed by atoms with E-state index in [0.29, 0.717) is 6.04 Å². The van der Waals surface area contributed by atoms with E-state index in [-0.39, 0.29) is 11.9 Å². The maximum atomic E-state index is 11.9. The summed E-state index contributed by atoms with van der Waals surface area (Å²) >= 11 is 0. The number of anilines is 1. The Hall–Kier alpha value is -1.51. The number of rotatable bonds is 5. The molecule has 2 rings (SSSR count). The van der Waals surface area contributed by atoms with E-state index in [1.165, 1.54) is 32.1 Å². The molecule has 1 amide bonds. The van der Waals surface area contributed by atoms with Crippen molar-refractivity contribution < 1.29 is 4.79 Å². The predicted molar refractivity (Wildman–Crippen MR) is 88.7 cm³/mol. The molecule has 0 aliphatic heterocycles. The molecule has 1 aromatic rings. The van der Waals surface area contributed by atoms with Crippen LogP contribution in [-0.2, 0) is 0 Å². The predicted octanol–water partition coefficient (Wildman–Crippen LogP) is 4.21. The summed E-state index contributed by atoms with van der Waals surface area (Å²) in [6.45, 7) is 6.23. The minimum atomic E-state index is 0.000603.